The Labute approximate surface area is 119 Å². The lowest BCUT2D eigenvalue weighted by molar-refractivity contribution is -0.121. The molecule has 1 amide bonds. The van der Waals surface area contributed by atoms with E-state index < -0.39 is 0 Å². The first kappa shape index (κ1) is 14.3. The van der Waals surface area contributed by atoms with Gasteiger partial charge in [-0.25, -0.2) is 0 Å². The van der Waals surface area contributed by atoms with Crippen molar-refractivity contribution in [1.82, 2.24) is 5.32 Å². The van der Waals surface area contributed by atoms with Gasteiger partial charge >= 0.3 is 0 Å². The number of carbonyl (C=O) groups is 1. The molecule has 0 aromatic heterocycles. The van der Waals surface area contributed by atoms with Crippen molar-refractivity contribution < 1.29 is 4.79 Å². The standard InChI is InChI=1S/C15H22N2OS/c16-14-4-1-12(2-5-14)3-6-15(18)17-11-13-7-9-19-10-8-13/h1-2,4-5,13H,3,6-11,16H2,(H,17,18). The van der Waals surface area contributed by atoms with Crippen molar-refractivity contribution in [3.63, 3.8) is 0 Å². The van der Waals surface area contributed by atoms with Gasteiger partial charge in [-0.05, 0) is 54.4 Å². The van der Waals surface area contributed by atoms with Gasteiger partial charge in [0, 0.05) is 18.7 Å². The van der Waals surface area contributed by atoms with Crippen LogP contribution in [-0.2, 0) is 11.2 Å². The molecule has 0 bridgehead atoms. The van der Waals surface area contributed by atoms with Crippen LogP contribution in [-0.4, -0.2) is 24.0 Å². The molecular formula is C15H22N2OS. The van der Waals surface area contributed by atoms with Crippen LogP contribution in [0.1, 0.15) is 24.8 Å². The highest BCUT2D eigenvalue weighted by Crippen LogP contribution is 2.21. The van der Waals surface area contributed by atoms with E-state index in [-0.39, 0.29) is 5.91 Å². The van der Waals surface area contributed by atoms with E-state index in [0.29, 0.717) is 12.3 Å². The molecule has 19 heavy (non-hydrogen) atoms. The monoisotopic (exact) mass is 278 g/mol. The molecule has 0 unspecified atom stereocenters. The Morgan fingerprint density at radius 2 is 1.95 bits per heavy atom. The fourth-order valence-corrected chi connectivity index (χ4v) is 3.44. The van der Waals surface area contributed by atoms with Gasteiger partial charge in [0.2, 0.25) is 5.91 Å². The van der Waals surface area contributed by atoms with Crippen LogP contribution in [0.5, 0.6) is 0 Å². The number of rotatable bonds is 5. The van der Waals surface area contributed by atoms with Crippen molar-refractivity contribution in [3.05, 3.63) is 29.8 Å². The van der Waals surface area contributed by atoms with Gasteiger partial charge in [0.15, 0.2) is 0 Å². The molecule has 0 saturated carbocycles. The molecule has 4 heteroatoms. The van der Waals surface area contributed by atoms with E-state index in [1.807, 2.05) is 36.0 Å². The van der Waals surface area contributed by atoms with E-state index in [2.05, 4.69) is 5.32 Å². The molecule has 1 saturated heterocycles. The molecule has 0 spiro atoms. The van der Waals surface area contributed by atoms with Crippen LogP contribution >= 0.6 is 11.8 Å². The van der Waals surface area contributed by atoms with Gasteiger partial charge in [-0.3, -0.25) is 4.79 Å². The highest BCUT2D eigenvalue weighted by atomic mass is 32.2. The number of thioether (sulfide) groups is 1. The van der Waals surface area contributed by atoms with Gasteiger partial charge < -0.3 is 11.1 Å². The topological polar surface area (TPSA) is 55.1 Å². The van der Waals surface area contributed by atoms with Crippen molar-refractivity contribution >= 4 is 23.4 Å². The van der Waals surface area contributed by atoms with Crippen LogP contribution in [0.3, 0.4) is 0 Å². The first-order valence-electron chi connectivity index (χ1n) is 6.93. The fraction of sp³-hybridized carbons (Fsp3) is 0.533. The van der Waals surface area contributed by atoms with Crippen molar-refractivity contribution in [2.45, 2.75) is 25.7 Å². The number of anilines is 1. The molecule has 3 N–H and O–H groups in total. The second-order valence-corrected chi connectivity index (χ2v) is 6.33. The summed E-state index contributed by atoms with van der Waals surface area (Å²) in [5.41, 5.74) is 7.56. The van der Waals surface area contributed by atoms with Crippen molar-refractivity contribution in [1.29, 1.82) is 0 Å². The highest BCUT2D eigenvalue weighted by Gasteiger charge is 2.14. The average Bonchev–Trinajstić information content (AvgIpc) is 2.45. The number of amides is 1. The Hall–Kier alpha value is -1.16. The van der Waals surface area contributed by atoms with E-state index in [1.165, 1.54) is 29.9 Å². The maximum atomic E-state index is 11.8. The molecule has 0 atom stereocenters. The molecular weight excluding hydrogens is 256 g/mol. The van der Waals surface area contributed by atoms with Gasteiger partial charge in [-0.15, -0.1) is 0 Å². The third-order valence-corrected chi connectivity index (χ3v) is 4.60. The summed E-state index contributed by atoms with van der Waals surface area (Å²) in [6, 6.07) is 7.74. The SMILES string of the molecule is Nc1ccc(CCC(=O)NCC2CCSCC2)cc1. The summed E-state index contributed by atoms with van der Waals surface area (Å²) in [7, 11) is 0. The van der Waals surface area contributed by atoms with E-state index in [9.17, 15) is 4.79 Å². The maximum Gasteiger partial charge on any atom is 0.220 e. The first-order chi connectivity index (χ1) is 9.24. The van der Waals surface area contributed by atoms with E-state index in [4.69, 9.17) is 5.73 Å². The van der Waals surface area contributed by atoms with E-state index >= 15 is 0 Å². The summed E-state index contributed by atoms with van der Waals surface area (Å²) >= 11 is 2.02. The normalized spacial score (nSPS) is 16.2. The van der Waals surface area contributed by atoms with Crippen LogP contribution in [0.2, 0.25) is 0 Å². The zero-order valence-electron chi connectivity index (χ0n) is 11.2. The molecule has 1 fully saturated rings. The van der Waals surface area contributed by atoms with E-state index in [0.717, 1.165) is 18.7 Å². The van der Waals surface area contributed by atoms with Gasteiger partial charge in [0.25, 0.3) is 0 Å². The van der Waals surface area contributed by atoms with Crippen LogP contribution in [0, 0.1) is 5.92 Å². The van der Waals surface area contributed by atoms with Crippen molar-refractivity contribution in [2.75, 3.05) is 23.8 Å². The molecule has 0 aliphatic carbocycles. The minimum absolute atomic E-state index is 0.162. The van der Waals surface area contributed by atoms with Gasteiger partial charge in [0.1, 0.15) is 0 Å². The van der Waals surface area contributed by atoms with Crippen LogP contribution in [0.15, 0.2) is 24.3 Å². The largest absolute Gasteiger partial charge is 0.399 e. The number of benzene rings is 1. The van der Waals surface area contributed by atoms with Gasteiger partial charge in [0.05, 0.1) is 0 Å². The molecule has 2 rings (SSSR count). The second-order valence-electron chi connectivity index (χ2n) is 5.10. The summed E-state index contributed by atoms with van der Waals surface area (Å²) in [6.07, 6.45) is 3.82. The Kier molecular flexibility index (Phi) is 5.58. The van der Waals surface area contributed by atoms with Crippen LogP contribution in [0.25, 0.3) is 0 Å². The zero-order valence-corrected chi connectivity index (χ0v) is 12.0. The number of nitrogens with two attached hydrogens (primary N) is 1. The van der Waals surface area contributed by atoms with Crippen LogP contribution in [0.4, 0.5) is 5.69 Å². The predicted molar refractivity (Wildman–Crippen MR) is 82.2 cm³/mol. The summed E-state index contributed by atoms with van der Waals surface area (Å²) < 4.78 is 0. The summed E-state index contributed by atoms with van der Waals surface area (Å²) in [6.45, 7) is 0.848. The van der Waals surface area contributed by atoms with Crippen molar-refractivity contribution in [3.8, 4) is 0 Å². The smallest absolute Gasteiger partial charge is 0.220 e. The quantitative estimate of drug-likeness (QED) is 0.814. The average molecular weight is 278 g/mol. The van der Waals surface area contributed by atoms with Gasteiger partial charge in [-0.2, -0.15) is 11.8 Å². The third kappa shape index (κ3) is 5.15. The number of hydrogen-bond donors (Lipinski definition) is 2. The summed E-state index contributed by atoms with van der Waals surface area (Å²) in [5.74, 6) is 3.33. The lowest BCUT2D eigenvalue weighted by Gasteiger charge is -2.21. The molecule has 1 aliphatic heterocycles. The zero-order chi connectivity index (χ0) is 13.5. The molecule has 1 aromatic rings. The fourth-order valence-electron chi connectivity index (χ4n) is 2.24. The van der Waals surface area contributed by atoms with Gasteiger partial charge in [-0.1, -0.05) is 12.1 Å². The summed E-state index contributed by atoms with van der Waals surface area (Å²) in [4.78, 5) is 11.8. The number of hydrogen-bond acceptors (Lipinski definition) is 3. The maximum absolute atomic E-state index is 11.8. The molecule has 1 heterocycles. The Bertz CT molecular complexity index is 399. The predicted octanol–water partition coefficient (Wildman–Crippen LogP) is 2.46. The number of nitrogen functional groups attached to an aromatic ring is 1. The molecule has 3 nitrogen and oxygen atoms in total. The van der Waals surface area contributed by atoms with Crippen molar-refractivity contribution in [2.24, 2.45) is 5.92 Å². The summed E-state index contributed by atoms with van der Waals surface area (Å²) in [5, 5.41) is 3.06. The number of carbonyl (C=O) groups excluding carboxylic acids is 1. The lowest BCUT2D eigenvalue weighted by Crippen LogP contribution is -2.31. The minimum Gasteiger partial charge on any atom is -0.399 e. The lowest BCUT2D eigenvalue weighted by atomic mass is 10.0. The second kappa shape index (κ2) is 7.43. The molecule has 1 aromatic carbocycles. The Morgan fingerprint density at radius 3 is 2.63 bits per heavy atom. The highest BCUT2D eigenvalue weighted by molar-refractivity contribution is 7.99. The molecule has 0 radical (unpaired) electrons. The van der Waals surface area contributed by atoms with E-state index in [1.54, 1.807) is 0 Å². The first-order valence-corrected chi connectivity index (χ1v) is 8.08. The third-order valence-electron chi connectivity index (χ3n) is 3.55. The molecule has 1 aliphatic rings. The minimum atomic E-state index is 0.162. The number of nitrogens with one attached hydrogen (secondary N) is 1. The Morgan fingerprint density at radius 1 is 1.26 bits per heavy atom. The number of aryl methyl sites for hydroxylation is 1. The van der Waals surface area contributed by atoms with Crippen LogP contribution < -0.4 is 11.1 Å². The Balaban J connectivity index is 1.65. The molecule has 104 valence electrons.